The Hall–Kier alpha value is -2.20. The summed E-state index contributed by atoms with van der Waals surface area (Å²) >= 11 is 6.07. The fraction of sp³-hybridized carbons (Fsp3) is 0.458. The second kappa shape index (κ2) is 10.6. The van der Waals surface area contributed by atoms with Crippen molar-refractivity contribution in [3.05, 3.63) is 57.4 Å². The first-order valence-corrected chi connectivity index (χ1v) is 12.5. The maximum atomic E-state index is 14.8. The molecule has 0 saturated carbocycles. The van der Waals surface area contributed by atoms with Gasteiger partial charge in [0.2, 0.25) is 10.0 Å². The molecule has 0 spiro atoms. The summed E-state index contributed by atoms with van der Waals surface area (Å²) in [5.74, 6) is -2.99. The number of aromatic hydroxyl groups is 1. The molecule has 0 aromatic heterocycles. The second-order valence-corrected chi connectivity index (χ2v) is 11.3. The van der Waals surface area contributed by atoms with Crippen molar-refractivity contribution >= 4 is 27.6 Å². The van der Waals surface area contributed by atoms with Gasteiger partial charge in [-0.2, -0.15) is 4.72 Å². The standard InChI is InChI=1S/C24H31ClFNO6S/c1-13-8-9-18(26)21(14(13)2)15(3)22(23(29)33-24(4,5)6)27-34(30,31)20-10-16(12-32-7)17(25)11-19(20)28/h8-11,15,22,27-28H,12H2,1-7H3/t15?,22-/m0/s1. The number of methoxy groups -OCH3 is 1. The monoisotopic (exact) mass is 515 g/mol. The molecule has 2 rings (SSSR count). The SMILES string of the molecule is COCc1cc(S(=O)(=O)N[C@H](C(=O)OC(C)(C)C)C(C)c2c(F)ccc(C)c2C)c(O)cc1Cl. The number of rotatable bonds is 8. The summed E-state index contributed by atoms with van der Waals surface area (Å²) < 4.78 is 54.3. The van der Waals surface area contributed by atoms with Crippen LogP contribution in [0.4, 0.5) is 4.39 Å². The highest BCUT2D eigenvalue weighted by Crippen LogP contribution is 2.33. The number of halogens is 2. The van der Waals surface area contributed by atoms with Gasteiger partial charge in [0.05, 0.1) is 6.61 Å². The quantitative estimate of drug-likeness (QED) is 0.492. The maximum Gasteiger partial charge on any atom is 0.325 e. The van der Waals surface area contributed by atoms with Crippen molar-refractivity contribution in [2.75, 3.05) is 7.11 Å². The Morgan fingerprint density at radius 1 is 1.24 bits per heavy atom. The molecule has 0 aliphatic carbocycles. The Bertz CT molecular complexity index is 1180. The Balaban J connectivity index is 2.60. The van der Waals surface area contributed by atoms with Gasteiger partial charge in [0.25, 0.3) is 0 Å². The largest absolute Gasteiger partial charge is 0.506 e. The second-order valence-electron chi connectivity index (χ2n) is 9.17. The minimum absolute atomic E-state index is 0.00122. The first-order chi connectivity index (χ1) is 15.6. The van der Waals surface area contributed by atoms with E-state index >= 15 is 0 Å². The van der Waals surface area contributed by atoms with Gasteiger partial charge in [-0.25, -0.2) is 12.8 Å². The van der Waals surface area contributed by atoms with Crippen molar-refractivity contribution in [2.45, 2.75) is 70.6 Å². The number of nitrogens with one attached hydrogen (secondary N) is 1. The zero-order valence-corrected chi connectivity index (χ0v) is 21.9. The van der Waals surface area contributed by atoms with Crippen molar-refractivity contribution in [1.82, 2.24) is 4.72 Å². The summed E-state index contributed by atoms with van der Waals surface area (Å²) in [5.41, 5.74) is 0.976. The minimum atomic E-state index is -4.47. The molecule has 2 atom stereocenters. The van der Waals surface area contributed by atoms with Crippen LogP contribution in [0.1, 0.15) is 55.9 Å². The molecule has 7 nitrogen and oxygen atoms in total. The summed E-state index contributed by atoms with van der Waals surface area (Å²) in [5, 5.41) is 10.4. The lowest BCUT2D eigenvalue weighted by Gasteiger charge is -2.29. The Kier molecular flexibility index (Phi) is 8.74. The van der Waals surface area contributed by atoms with Crippen LogP contribution < -0.4 is 4.72 Å². The molecule has 0 radical (unpaired) electrons. The lowest BCUT2D eigenvalue weighted by atomic mass is 9.88. The molecule has 10 heteroatoms. The molecular formula is C24H31ClFNO6S. The van der Waals surface area contributed by atoms with Gasteiger partial charge in [-0.15, -0.1) is 0 Å². The fourth-order valence-electron chi connectivity index (χ4n) is 3.55. The van der Waals surface area contributed by atoms with Gasteiger partial charge < -0.3 is 14.6 Å². The third kappa shape index (κ3) is 6.47. The number of phenols is 1. The van der Waals surface area contributed by atoms with Gasteiger partial charge in [-0.05, 0) is 69.0 Å². The highest BCUT2D eigenvalue weighted by Gasteiger charge is 2.37. The van der Waals surface area contributed by atoms with Gasteiger partial charge in [-0.3, -0.25) is 4.79 Å². The van der Waals surface area contributed by atoms with Crippen molar-refractivity contribution in [1.29, 1.82) is 0 Å². The molecule has 0 amide bonds. The topological polar surface area (TPSA) is 102 Å². The third-order valence-electron chi connectivity index (χ3n) is 5.35. The number of aryl methyl sites for hydroxylation is 1. The minimum Gasteiger partial charge on any atom is -0.506 e. The van der Waals surface area contributed by atoms with Crippen molar-refractivity contribution < 1.29 is 32.2 Å². The van der Waals surface area contributed by atoms with E-state index in [1.807, 2.05) is 0 Å². The molecule has 0 heterocycles. The lowest BCUT2D eigenvalue weighted by molar-refractivity contribution is -0.157. The van der Waals surface area contributed by atoms with E-state index in [-0.39, 0.29) is 17.2 Å². The van der Waals surface area contributed by atoms with Crippen LogP contribution in [0.15, 0.2) is 29.2 Å². The van der Waals surface area contributed by atoms with E-state index in [4.69, 9.17) is 21.1 Å². The molecule has 2 aromatic rings. The molecular weight excluding hydrogens is 485 g/mol. The van der Waals surface area contributed by atoms with Crippen molar-refractivity contribution in [3.63, 3.8) is 0 Å². The normalized spacial score (nSPS) is 14.0. The van der Waals surface area contributed by atoms with Crippen molar-refractivity contribution in [2.24, 2.45) is 0 Å². The molecule has 0 fully saturated rings. The Labute approximate surface area is 205 Å². The molecule has 0 aliphatic heterocycles. The van der Waals surface area contributed by atoms with Crippen LogP contribution >= 0.6 is 11.6 Å². The van der Waals surface area contributed by atoms with E-state index in [0.29, 0.717) is 11.1 Å². The van der Waals surface area contributed by atoms with Crippen LogP contribution in [-0.4, -0.2) is 38.2 Å². The van der Waals surface area contributed by atoms with E-state index in [0.717, 1.165) is 11.6 Å². The summed E-state index contributed by atoms with van der Waals surface area (Å²) in [6.07, 6.45) is 0. The molecule has 1 unspecified atom stereocenters. The zero-order chi connectivity index (χ0) is 26.0. The fourth-order valence-corrected chi connectivity index (χ4v) is 5.15. The number of carbonyl (C=O) groups excluding carboxylic acids is 1. The van der Waals surface area contributed by atoms with Crippen LogP contribution in [0.5, 0.6) is 5.75 Å². The van der Waals surface area contributed by atoms with Crippen LogP contribution in [0.2, 0.25) is 5.02 Å². The third-order valence-corrected chi connectivity index (χ3v) is 7.17. The number of benzene rings is 2. The Morgan fingerprint density at radius 3 is 2.41 bits per heavy atom. The molecule has 0 bridgehead atoms. The first kappa shape index (κ1) is 28.0. The molecule has 34 heavy (non-hydrogen) atoms. The average Bonchev–Trinajstić information content (AvgIpc) is 2.69. The van der Waals surface area contributed by atoms with E-state index in [9.17, 15) is 22.7 Å². The summed E-state index contributed by atoms with van der Waals surface area (Å²) in [4.78, 5) is 12.6. The van der Waals surface area contributed by atoms with E-state index in [1.165, 1.54) is 19.2 Å². The predicted molar refractivity (Wildman–Crippen MR) is 128 cm³/mol. The lowest BCUT2D eigenvalue weighted by Crippen LogP contribution is -2.47. The van der Waals surface area contributed by atoms with Gasteiger partial charge >= 0.3 is 5.97 Å². The predicted octanol–water partition coefficient (Wildman–Crippen LogP) is 4.74. The van der Waals surface area contributed by atoms with Gasteiger partial charge in [0.1, 0.15) is 28.1 Å². The van der Waals surface area contributed by atoms with Gasteiger partial charge in [0, 0.05) is 24.1 Å². The Morgan fingerprint density at radius 2 is 1.85 bits per heavy atom. The maximum absolute atomic E-state index is 14.8. The number of hydrogen-bond donors (Lipinski definition) is 2. The van der Waals surface area contributed by atoms with Crippen LogP contribution in [0.25, 0.3) is 0 Å². The number of ether oxygens (including phenoxy) is 2. The molecule has 188 valence electrons. The molecule has 2 aromatic carbocycles. The van der Waals surface area contributed by atoms with E-state index in [2.05, 4.69) is 4.72 Å². The average molecular weight is 516 g/mol. The van der Waals surface area contributed by atoms with Crippen molar-refractivity contribution in [3.8, 4) is 5.75 Å². The number of sulfonamides is 1. The first-order valence-electron chi connectivity index (χ1n) is 10.6. The van der Waals surface area contributed by atoms with Crippen LogP contribution in [0.3, 0.4) is 0 Å². The highest BCUT2D eigenvalue weighted by molar-refractivity contribution is 7.89. The summed E-state index contributed by atoms with van der Waals surface area (Å²) in [7, 11) is -3.06. The number of esters is 1. The number of carbonyl (C=O) groups is 1. The number of phenolic OH excluding ortho intramolecular Hbond substituents is 1. The van der Waals surface area contributed by atoms with Gasteiger partial charge in [-0.1, -0.05) is 24.6 Å². The molecule has 0 saturated heterocycles. The van der Waals surface area contributed by atoms with Crippen LogP contribution in [-0.2, 0) is 30.9 Å². The highest BCUT2D eigenvalue weighted by atomic mass is 35.5. The van der Waals surface area contributed by atoms with E-state index < -0.39 is 50.0 Å². The van der Waals surface area contributed by atoms with E-state index in [1.54, 1.807) is 47.6 Å². The van der Waals surface area contributed by atoms with Crippen LogP contribution in [0, 0.1) is 19.7 Å². The molecule has 0 aliphatic rings. The molecule has 2 N–H and O–H groups in total. The van der Waals surface area contributed by atoms with Gasteiger partial charge in [0.15, 0.2) is 0 Å². The summed E-state index contributed by atoms with van der Waals surface area (Å²) in [6, 6.07) is 3.65. The zero-order valence-electron chi connectivity index (χ0n) is 20.3. The summed E-state index contributed by atoms with van der Waals surface area (Å²) in [6.45, 7) is 9.96. The smallest absolute Gasteiger partial charge is 0.325 e. The number of hydrogen-bond acceptors (Lipinski definition) is 6.